The maximum Gasteiger partial charge on any atom is 0.168 e. The molecule has 1 atom stereocenters. The molecule has 0 amide bonds. The van der Waals surface area contributed by atoms with Crippen LogP contribution in [0.25, 0.3) is 0 Å². The molecule has 1 aromatic rings. The molecule has 0 heterocycles. The normalized spacial score (nSPS) is 12.8. The lowest BCUT2D eigenvalue weighted by Crippen LogP contribution is -2.31. The largest absolute Gasteiger partial charge is 0.494 e. The Bertz CT molecular complexity index is 352. The first-order valence-corrected chi connectivity index (χ1v) is 6.08. The molecule has 0 aliphatic heterocycles. The van der Waals surface area contributed by atoms with Gasteiger partial charge in [0.2, 0.25) is 0 Å². The van der Waals surface area contributed by atoms with Crippen LogP contribution in [-0.2, 0) is 6.42 Å². The number of hydrogen-bond donors (Lipinski definition) is 1. The van der Waals surface area contributed by atoms with Crippen LogP contribution in [0.4, 0.5) is 4.39 Å². The number of methoxy groups -OCH3 is 1. The van der Waals surface area contributed by atoms with Gasteiger partial charge >= 0.3 is 0 Å². The summed E-state index contributed by atoms with van der Waals surface area (Å²) in [5, 5.41) is 3.27. The van der Waals surface area contributed by atoms with E-state index < -0.39 is 0 Å². The minimum atomic E-state index is -0.228. The fourth-order valence-corrected chi connectivity index (χ4v) is 2.03. The Morgan fingerprint density at radius 2 is 2.06 bits per heavy atom. The van der Waals surface area contributed by atoms with Gasteiger partial charge in [0.25, 0.3) is 0 Å². The molecule has 2 nitrogen and oxygen atoms in total. The van der Waals surface area contributed by atoms with E-state index in [9.17, 15) is 4.39 Å². The molecule has 96 valence electrons. The minimum Gasteiger partial charge on any atom is -0.494 e. The van der Waals surface area contributed by atoms with Crippen LogP contribution in [-0.4, -0.2) is 20.2 Å². The standard InChI is InChI=1S/C14H22FNO/c1-10(2)12(16-3)9-8-11-6-5-7-13(17-4)14(11)15/h5-7,10,12,16H,8-9H2,1-4H3. The predicted molar refractivity (Wildman–Crippen MR) is 69.0 cm³/mol. The van der Waals surface area contributed by atoms with Crippen LogP contribution in [0.3, 0.4) is 0 Å². The lowest BCUT2D eigenvalue weighted by atomic mass is 9.96. The van der Waals surface area contributed by atoms with E-state index in [1.165, 1.54) is 7.11 Å². The molecule has 1 aromatic carbocycles. The molecule has 0 bridgehead atoms. The highest BCUT2D eigenvalue weighted by Gasteiger charge is 2.13. The topological polar surface area (TPSA) is 21.3 Å². The third-order valence-corrected chi connectivity index (χ3v) is 3.16. The molecule has 17 heavy (non-hydrogen) atoms. The van der Waals surface area contributed by atoms with E-state index in [0.29, 0.717) is 17.7 Å². The summed E-state index contributed by atoms with van der Waals surface area (Å²) >= 11 is 0. The summed E-state index contributed by atoms with van der Waals surface area (Å²) in [6, 6.07) is 5.73. The average Bonchev–Trinajstić information content (AvgIpc) is 2.31. The first-order chi connectivity index (χ1) is 8.10. The number of hydrogen-bond acceptors (Lipinski definition) is 2. The van der Waals surface area contributed by atoms with Crippen molar-refractivity contribution < 1.29 is 9.13 Å². The van der Waals surface area contributed by atoms with Crippen LogP contribution in [0.5, 0.6) is 5.75 Å². The molecule has 1 N–H and O–H groups in total. The van der Waals surface area contributed by atoms with E-state index >= 15 is 0 Å². The highest BCUT2D eigenvalue weighted by atomic mass is 19.1. The monoisotopic (exact) mass is 239 g/mol. The van der Waals surface area contributed by atoms with Gasteiger partial charge in [-0.05, 0) is 37.4 Å². The molecule has 1 unspecified atom stereocenters. The zero-order valence-corrected chi connectivity index (χ0v) is 11.1. The van der Waals surface area contributed by atoms with Gasteiger partial charge < -0.3 is 10.1 Å². The highest BCUT2D eigenvalue weighted by Crippen LogP contribution is 2.22. The molecule has 0 saturated carbocycles. The van der Waals surface area contributed by atoms with Crippen LogP contribution in [0.2, 0.25) is 0 Å². The van der Waals surface area contributed by atoms with Gasteiger partial charge in [-0.2, -0.15) is 0 Å². The molecular weight excluding hydrogens is 217 g/mol. The van der Waals surface area contributed by atoms with E-state index in [2.05, 4.69) is 19.2 Å². The Kier molecular flexibility index (Phi) is 5.42. The van der Waals surface area contributed by atoms with Crippen molar-refractivity contribution in [3.05, 3.63) is 29.6 Å². The third-order valence-electron chi connectivity index (χ3n) is 3.16. The summed E-state index contributed by atoms with van der Waals surface area (Å²) in [5.74, 6) is 0.648. The second-order valence-corrected chi connectivity index (χ2v) is 4.61. The predicted octanol–water partition coefficient (Wildman–Crippen LogP) is 3.01. The quantitative estimate of drug-likeness (QED) is 0.824. The van der Waals surface area contributed by atoms with Gasteiger partial charge in [0.15, 0.2) is 11.6 Å². The molecule has 3 heteroatoms. The molecule has 0 aromatic heterocycles. The summed E-state index contributed by atoms with van der Waals surface area (Å²) in [5.41, 5.74) is 0.727. The highest BCUT2D eigenvalue weighted by molar-refractivity contribution is 5.31. The summed E-state index contributed by atoms with van der Waals surface area (Å²) in [4.78, 5) is 0. The first kappa shape index (κ1) is 14.0. The first-order valence-electron chi connectivity index (χ1n) is 6.08. The Hall–Kier alpha value is -1.09. The second-order valence-electron chi connectivity index (χ2n) is 4.61. The van der Waals surface area contributed by atoms with Gasteiger partial charge in [-0.25, -0.2) is 4.39 Å². The van der Waals surface area contributed by atoms with Gasteiger partial charge in [0, 0.05) is 6.04 Å². The molecule has 0 aliphatic rings. The van der Waals surface area contributed by atoms with Crippen LogP contribution < -0.4 is 10.1 Å². The Morgan fingerprint density at radius 3 is 2.59 bits per heavy atom. The van der Waals surface area contributed by atoms with Crippen molar-refractivity contribution in [1.29, 1.82) is 0 Å². The summed E-state index contributed by atoms with van der Waals surface area (Å²) in [7, 11) is 3.44. The third kappa shape index (κ3) is 3.70. The van der Waals surface area contributed by atoms with Crippen LogP contribution >= 0.6 is 0 Å². The second kappa shape index (κ2) is 6.60. The van der Waals surface area contributed by atoms with E-state index in [-0.39, 0.29) is 5.82 Å². The van der Waals surface area contributed by atoms with Crippen molar-refractivity contribution in [3.8, 4) is 5.75 Å². The van der Waals surface area contributed by atoms with Crippen molar-refractivity contribution in [1.82, 2.24) is 5.32 Å². The van der Waals surface area contributed by atoms with E-state index in [4.69, 9.17) is 4.74 Å². The van der Waals surface area contributed by atoms with Gasteiger partial charge in [0.1, 0.15) is 0 Å². The van der Waals surface area contributed by atoms with Crippen LogP contribution in [0.1, 0.15) is 25.8 Å². The number of aryl methyl sites for hydroxylation is 1. The number of rotatable bonds is 6. The lowest BCUT2D eigenvalue weighted by Gasteiger charge is -2.20. The lowest BCUT2D eigenvalue weighted by molar-refractivity contribution is 0.378. The van der Waals surface area contributed by atoms with Crippen LogP contribution in [0, 0.1) is 11.7 Å². The Balaban J connectivity index is 2.69. The minimum absolute atomic E-state index is 0.228. The van der Waals surface area contributed by atoms with Gasteiger partial charge in [-0.3, -0.25) is 0 Å². The Labute approximate surface area is 103 Å². The van der Waals surface area contributed by atoms with Crippen molar-refractivity contribution in [2.75, 3.05) is 14.2 Å². The molecule has 0 saturated heterocycles. The van der Waals surface area contributed by atoms with Crippen molar-refractivity contribution in [3.63, 3.8) is 0 Å². The SMILES string of the molecule is CNC(CCc1cccc(OC)c1F)C(C)C. The molecule has 0 aliphatic carbocycles. The molecule has 1 rings (SSSR count). The van der Waals surface area contributed by atoms with Crippen molar-refractivity contribution in [2.45, 2.75) is 32.7 Å². The smallest absolute Gasteiger partial charge is 0.168 e. The number of ether oxygens (including phenoxy) is 1. The van der Waals surface area contributed by atoms with Crippen molar-refractivity contribution in [2.24, 2.45) is 5.92 Å². The van der Waals surface area contributed by atoms with Gasteiger partial charge in [-0.15, -0.1) is 0 Å². The van der Waals surface area contributed by atoms with Gasteiger partial charge in [-0.1, -0.05) is 26.0 Å². The number of halogens is 1. The molecule has 0 radical (unpaired) electrons. The average molecular weight is 239 g/mol. The van der Waals surface area contributed by atoms with E-state index in [0.717, 1.165) is 18.4 Å². The fourth-order valence-electron chi connectivity index (χ4n) is 2.03. The zero-order valence-electron chi connectivity index (χ0n) is 11.1. The molecule has 0 fully saturated rings. The van der Waals surface area contributed by atoms with Crippen molar-refractivity contribution >= 4 is 0 Å². The van der Waals surface area contributed by atoms with E-state index in [1.807, 2.05) is 19.2 Å². The summed E-state index contributed by atoms with van der Waals surface area (Å²) < 4.78 is 18.9. The summed E-state index contributed by atoms with van der Waals surface area (Å²) in [6.45, 7) is 4.34. The summed E-state index contributed by atoms with van der Waals surface area (Å²) in [6.07, 6.45) is 1.66. The van der Waals surface area contributed by atoms with Gasteiger partial charge in [0.05, 0.1) is 7.11 Å². The number of benzene rings is 1. The number of nitrogens with one attached hydrogen (secondary N) is 1. The Morgan fingerprint density at radius 1 is 1.35 bits per heavy atom. The maximum atomic E-state index is 13.9. The maximum absolute atomic E-state index is 13.9. The fraction of sp³-hybridized carbons (Fsp3) is 0.571. The molecule has 0 spiro atoms. The van der Waals surface area contributed by atoms with Crippen LogP contribution in [0.15, 0.2) is 18.2 Å². The van der Waals surface area contributed by atoms with E-state index in [1.54, 1.807) is 6.07 Å². The molecular formula is C14H22FNO. The zero-order chi connectivity index (χ0) is 12.8.